The Morgan fingerprint density at radius 2 is 1.76 bits per heavy atom. The summed E-state index contributed by atoms with van der Waals surface area (Å²) in [5, 5.41) is 8.88. The van der Waals surface area contributed by atoms with Crippen LogP contribution < -0.4 is 0 Å². The van der Waals surface area contributed by atoms with Crippen LogP contribution in [0.2, 0.25) is 0 Å². The standard InChI is InChI=1S/C15H10F2O4/c1-21-15(20)12-3-2-8(7-13(12)17)9-4-10(14(18)19)6-11(16)5-9/h2-7H,1H3,(H,18,19). The predicted molar refractivity (Wildman–Crippen MR) is 70.1 cm³/mol. The van der Waals surface area contributed by atoms with E-state index in [1.807, 2.05) is 0 Å². The van der Waals surface area contributed by atoms with Crippen LogP contribution >= 0.6 is 0 Å². The van der Waals surface area contributed by atoms with Crippen molar-refractivity contribution in [3.63, 3.8) is 0 Å². The Balaban J connectivity index is 2.50. The maximum atomic E-state index is 13.8. The van der Waals surface area contributed by atoms with Gasteiger partial charge in [0.2, 0.25) is 0 Å². The number of carbonyl (C=O) groups is 2. The Morgan fingerprint density at radius 3 is 2.33 bits per heavy atom. The quantitative estimate of drug-likeness (QED) is 0.883. The molecule has 2 rings (SSSR count). The van der Waals surface area contributed by atoms with Crippen LogP contribution in [0.1, 0.15) is 20.7 Å². The second kappa shape index (κ2) is 5.70. The van der Waals surface area contributed by atoms with Gasteiger partial charge < -0.3 is 9.84 Å². The zero-order chi connectivity index (χ0) is 15.6. The second-order valence-electron chi connectivity index (χ2n) is 4.22. The van der Waals surface area contributed by atoms with Crippen LogP contribution in [0.15, 0.2) is 36.4 Å². The Morgan fingerprint density at radius 1 is 1.05 bits per heavy atom. The molecule has 0 aliphatic carbocycles. The van der Waals surface area contributed by atoms with Crippen LogP contribution in [0.5, 0.6) is 0 Å². The molecule has 21 heavy (non-hydrogen) atoms. The van der Waals surface area contributed by atoms with E-state index in [-0.39, 0.29) is 22.3 Å². The highest BCUT2D eigenvalue weighted by Crippen LogP contribution is 2.24. The molecule has 0 saturated carbocycles. The van der Waals surface area contributed by atoms with Gasteiger partial charge in [-0.15, -0.1) is 0 Å². The highest BCUT2D eigenvalue weighted by molar-refractivity contribution is 5.91. The molecule has 0 amide bonds. The number of hydrogen-bond donors (Lipinski definition) is 1. The number of carbonyl (C=O) groups excluding carboxylic acids is 1. The van der Waals surface area contributed by atoms with E-state index in [1.165, 1.54) is 18.2 Å². The van der Waals surface area contributed by atoms with E-state index in [0.717, 1.165) is 25.3 Å². The third kappa shape index (κ3) is 3.05. The van der Waals surface area contributed by atoms with Gasteiger partial charge in [-0.3, -0.25) is 0 Å². The third-order valence-electron chi connectivity index (χ3n) is 2.85. The lowest BCUT2D eigenvalue weighted by molar-refractivity contribution is 0.0594. The number of ether oxygens (including phenoxy) is 1. The molecule has 0 heterocycles. The molecule has 4 nitrogen and oxygen atoms in total. The average molecular weight is 292 g/mol. The Bertz CT molecular complexity index is 726. The minimum atomic E-state index is -1.29. The van der Waals surface area contributed by atoms with Crippen molar-refractivity contribution in [2.24, 2.45) is 0 Å². The molecule has 0 bridgehead atoms. The minimum Gasteiger partial charge on any atom is -0.478 e. The number of methoxy groups -OCH3 is 1. The number of halogens is 2. The first kappa shape index (κ1) is 14.6. The molecular formula is C15H10F2O4. The largest absolute Gasteiger partial charge is 0.478 e. The Kier molecular flexibility index (Phi) is 3.98. The fourth-order valence-electron chi connectivity index (χ4n) is 1.85. The van der Waals surface area contributed by atoms with Crippen molar-refractivity contribution in [3.8, 4) is 11.1 Å². The van der Waals surface area contributed by atoms with Crippen LogP contribution in [0.25, 0.3) is 11.1 Å². The first-order valence-electron chi connectivity index (χ1n) is 5.84. The van der Waals surface area contributed by atoms with Gasteiger partial charge in [-0.25, -0.2) is 18.4 Å². The summed E-state index contributed by atoms with van der Waals surface area (Å²) in [6.45, 7) is 0. The van der Waals surface area contributed by atoms with Gasteiger partial charge in [0, 0.05) is 0 Å². The molecule has 1 N–H and O–H groups in total. The van der Waals surface area contributed by atoms with Crippen LogP contribution in [-0.4, -0.2) is 24.2 Å². The first-order valence-corrected chi connectivity index (χ1v) is 5.84. The molecule has 0 aromatic heterocycles. The molecule has 6 heteroatoms. The smallest absolute Gasteiger partial charge is 0.340 e. The number of hydrogen-bond acceptors (Lipinski definition) is 3. The normalized spacial score (nSPS) is 10.2. The highest BCUT2D eigenvalue weighted by atomic mass is 19.1. The molecule has 0 unspecified atom stereocenters. The highest BCUT2D eigenvalue weighted by Gasteiger charge is 2.14. The zero-order valence-electron chi connectivity index (χ0n) is 10.9. The van der Waals surface area contributed by atoms with Crippen molar-refractivity contribution in [2.75, 3.05) is 7.11 Å². The Labute approximate surface area is 118 Å². The topological polar surface area (TPSA) is 63.6 Å². The molecule has 2 aromatic carbocycles. The number of esters is 1. The van der Waals surface area contributed by atoms with Gasteiger partial charge in [-0.2, -0.15) is 0 Å². The van der Waals surface area contributed by atoms with E-state index >= 15 is 0 Å². The summed E-state index contributed by atoms with van der Waals surface area (Å²) in [5.41, 5.74) is -0.0524. The average Bonchev–Trinajstić information content (AvgIpc) is 2.45. The molecule has 0 radical (unpaired) electrons. The van der Waals surface area contributed by atoms with E-state index in [1.54, 1.807) is 0 Å². The zero-order valence-corrected chi connectivity index (χ0v) is 10.9. The molecule has 0 spiro atoms. The molecule has 0 aliphatic rings. The molecular weight excluding hydrogens is 282 g/mol. The molecule has 0 aliphatic heterocycles. The van der Waals surface area contributed by atoms with E-state index in [0.29, 0.717) is 0 Å². The van der Waals surface area contributed by atoms with Gasteiger partial charge in [0.15, 0.2) is 0 Å². The second-order valence-corrected chi connectivity index (χ2v) is 4.22. The van der Waals surface area contributed by atoms with Crippen LogP contribution in [0.3, 0.4) is 0 Å². The van der Waals surface area contributed by atoms with Crippen molar-refractivity contribution in [1.82, 2.24) is 0 Å². The minimum absolute atomic E-state index is 0.197. The van der Waals surface area contributed by atoms with Crippen molar-refractivity contribution >= 4 is 11.9 Å². The fraction of sp³-hybridized carbons (Fsp3) is 0.0667. The van der Waals surface area contributed by atoms with E-state index < -0.39 is 23.6 Å². The molecule has 108 valence electrons. The van der Waals surface area contributed by atoms with Crippen molar-refractivity contribution in [2.45, 2.75) is 0 Å². The summed E-state index contributed by atoms with van der Waals surface area (Å²) < 4.78 is 31.6. The lowest BCUT2D eigenvalue weighted by Gasteiger charge is -2.06. The van der Waals surface area contributed by atoms with Crippen molar-refractivity contribution in [3.05, 3.63) is 59.2 Å². The maximum Gasteiger partial charge on any atom is 0.340 e. The molecule has 0 atom stereocenters. The third-order valence-corrected chi connectivity index (χ3v) is 2.85. The van der Waals surface area contributed by atoms with Crippen LogP contribution in [0.4, 0.5) is 8.78 Å². The van der Waals surface area contributed by atoms with Gasteiger partial charge in [0.1, 0.15) is 11.6 Å². The van der Waals surface area contributed by atoms with Gasteiger partial charge in [-0.1, -0.05) is 6.07 Å². The molecule has 0 saturated heterocycles. The summed E-state index contributed by atoms with van der Waals surface area (Å²) in [4.78, 5) is 22.2. The summed E-state index contributed by atoms with van der Waals surface area (Å²) in [6.07, 6.45) is 0. The number of rotatable bonds is 3. The van der Waals surface area contributed by atoms with E-state index in [9.17, 15) is 18.4 Å². The summed E-state index contributed by atoms with van der Waals surface area (Å²) in [5.74, 6) is -3.70. The Hall–Kier alpha value is -2.76. The molecule has 0 fully saturated rings. The van der Waals surface area contributed by atoms with E-state index in [2.05, 4.69) is 4.74 Å². The first-order chi connectivity index (χ1) is 9.92. The number of aromatic carboxylic acids is 1. The number of carboxylic acids is 1. The summed E-state index contributed by atoms with van der Waals surface area (Å²) in [6, 6.07) is 6.77. The van der Waals surface area contributed by atoms with Gasteiger partial charge in [-0.05, 0) is 41.5 Å². The molecule has 2 aromatic rings. The van der Waals surface area contributed by atoms with Crippen LogP contribution in [-0.2, 0) is 4.74 Å². The monoisotopic (exact) mass is 292 g/mol. The lowest BCUT2D eigenvalue weighted by atomic mass is 10.0. The lowest BCUT2D eigenvalue weighted by Crippen LogP contribution is -2.04. The summed E-state index contributed by atoms with van der Waals surface area (Å²) >= 11 is 0. The fourth-order valence-corrected chi connectivity index (χ4v) is 1.85. The van der Waals surface area contributed by atoms with Gasteiger partial charge >= 0.3 is 11.9 Å². The summed E-state index contributed by atoms with van der Waals surface area (Å²) in [7, 11) is 1.13. The van der Waals surface area contributed by atoms with Crippen molar-refractivity contribution < 1.29 is 28.2 Å². The van der Waals surface area contributed by atoms with Crippen molar-refractivity contribution in [1.29, 1.82) is 0 Å². The number of carboxylic acid groups (broad SMARTS) is 1. The van der Waals surface area contributed by atoms with Gasteiger partial charge in [0.25, 0.3) is 0 Å². The van der Waals surface area contributed by atoms with Crippen LogP contribution in [0, 0.1) is 11.6 Å². The number of benzene rings is 2. The predicted octanol–water partition coefficient (Wildman–Crippen LogP) is 3.12. The maximum absolute atomic E-state index is 13.8. The van der Waals surface area contributed by atoms with E-state index in [4.69, 9.17) is 5.11 Å². The van der Waals surface area contributed by atoms with Gasteiger partial charge in [0.05, 0.1) is 18.2 Å². The SMILES string of the molecule is COC(=O)c1ccc(-c2cc(F)cc(C(=O)O)c2)cc1F.